The van der Waals surface area contributed by atoms with Crippen molar-refractivity contribution in [3.8, 4) is 6.07 Å². The summed E-state index contributed by atoms with van der Waals surface area (Å²) in [6.45, 7) is 12.2. The zero-order valence-electron chi connectivity index (χ0n) is 13.3. The van der Waals surface area contributed by atoms with Crippen molar-refractivity contribution in [2.45, 2.75) is 58.0 Å². The van der Waals surface area contributed by atoms with Gasteiger partial charge in [0.1, 0.15) is 6.10 Å². The Morgan fingerprint density at radius 3 is 2.15 bits per heavy atom. The van der Waals surface area contributed by atoms with Gasteiger partial charge < -0.3 is 4.43 Å². The molecule has 5 nitrogen and oxygen atoms in total. The number of hydrogen-bond donors (Lipinski definition) is 0. The molecule has 0 aromatic carbocycles. The minimum absolute atomic E-state index is 0.00976. The van der Waals surface area contributed by atoms with Gasteiger partial charge in [-0.15, -0.1) is 0 Å². The van der Waals surface area contributed by atoms with Gasteiger partial charge in [-0.25, -0.2) is 0 Å². The lowest BCUT2D eigenvalue weighted by atomic mass is 10.2. The van der Waals surface area contributed by atoms with E-state index in [9.17, 15) is 8.42 Å². The quantitative estimate of drug-likeness (QED) is 0.427. The van der Waals surface area contributed by atoms with Gasteiger partial charge in [-0.2, -0.15) is 13.7 Å². The van der Waals surface area contributed by atoms with Crippen LogP contribution in [0, 0.1) is 11.3 Å². The lowest BCUT2D eigenvalue weighted by molar-refractivity contribution is 0.0897. The van der Waals surface area contributed by atoms with E-state index in [-0.39, 0.29) is 5.04 Å². The van der Waals surface area contributed by atoms with E-state index in [0.29, 0.717) is 0 Å². The van der Waals surface area contributed by atoms with Gasteiger partial charge in [0.25, 0.3) is 10.1 Å². The van der Waals surface area contributed by atoms with Crippen LogP contribution in [-0.4, -0.2) is 35.2 Å². The molecule has 0 radical (unpaired) electrons. The molecule has 0 aliphatic rings. The molecule has 0 aromatic rings. The molecule has 0 saturated carbocycles. The zero-order chi connectivity index (χ0) is 16.2. The van der Waals surface area contributed by atoms with Crippen LogP contribution in [0.1, 0.15) is 27.7 Å². The maximum absolute atomic E-state index is 11.3. The number of allylic oxidation sites excluding steroid dienone is 1. The van der Waals surface area contributed by atoms with Crippen LogP contribution in [-0.2, 0) is 18.7 Å². The van der Waals surface area contributed by atoms with Gasteiger partial charge in [-0.1, -0.05) is 20.8 Å². The van der Waals surface area contributed by atoms with Crippen LogP contribution in [0.4, 0.5) is 0 Å². The summed E-state index contributed by atoms with van der Waals surface area (Å²) in [5, 5.41) is 8.59. The Bertz CT molecular complexity index is 485. The minimum atomic E-state index is -3.62. The van der Waals surface area contributed by atoms with Crippen LogP contribution in [0.2, 0.25) is 18.1 Å². The highest BCUT2D eigenvalue weighted by Gasteiger charge is 2.40. The summed E-state index contributed by atoms with van der Waals surface area (Å²) >= 11 is 0. The molecule has 2 atom stereocenters. The summed E-state index contributed by atoms with van der Waals surface area (Å²) in [6, 6.07) is 1.83. The molecule has 0 unspecified atom stereocenters. The van der Waals surface area contributed by atoms with Crippen molar-refractivity contribution in [3.63, 3.8) is 0 Å². The van der Waals surface area contributed by atoms with E-state index in [4.69, 9.17) is 13.9 Å². The third kappa shape index (κ3) is 6.66. The smallest absolute Gasteiger partial charge is 0.265 e. The van der Waals surface area contributed by atoms with Crippen LogP contribution in [0.15, 0.2) is 12.2 Å². The molecule has 0 bridgehead atoms. The molecule has 0 rings (SSSR count). The predicted octanol–water partition coefficient (Wildman–Crippen LogP) is 2.82. The monoisotopic (exact) mass is 319 g/mol. The lowest BCUT2D eigenvalue weighted by Gasteiger charge is -2.39. The van der Waals surface area contributed by atoms with Crippen LogP contribution in [0.25, 0.3) is 0 Å². The van der Waals surface area contributed by atoms with Crippen LogP contribution >= 0.6 is 0 Å². The Balaban J connectivity index is 5.12. The summed E-state index contributed by atoms with van der Waals surface area (Å²) < 4.78 is 33.7. The molecule has 0 spiro atoms. The van der Waals surface area contributed by atoms with Gasteiger partial charge in [-0.05, 0) is 31.1 Å². The van der Waals surface area contributed by atoms with E-state index in [2.05, 4.69) is 33.9 Å². The molecule has 116 valence electrons. The second-order valence-corrected chi connectivity index (χ2v) is 12.7. The highest BCUT2D eigenvalue weighted by molar-refractivity contribution is 7.86. The summed E-state index contributed by atoms with van der Waals surface area (Å²) in [7, 11) is -5.65. The Hall–Kier alpha value is -0.683. The van der Waals surface area contributed by atoms with E-state index in [1.807, 2.05) is 6.07 Å². The second kappa shape index (κ2) is 6.85. The first-order chi connectivity index (χ1) is 8.80. The van der Waals surface area contributed by atoms with Gasteiger partial charge >= 0.3 is 0 Å². The largest absolute Gasteiger partial charge is 0.411 e. The van der Waals surface area contributed by atoms with Crippen molar-refractivity contribution in [1.82, 2.24) is 0 Å². The van der Waals surface area contributed by atoms with Crippen LogP contribution in [0.5, 0.6) is 0 Å². The van der Waals surface area contributed by atoms with E-state index < -0.39 is 30.6 Å². The Morgan fingerprint density at radius 2 is 1.80 bits per heavy atom. The molecule has 0 aliphatic carbocycles. The molecule has 7 heteroatoms. The third-order valence-corrected chi connectivity index (χ3v) is 8.54. The molecule has 0 aromatic heterocycles. The van der Waals surface area contributed by atoms with E-state index in [1.54, 1.807) is 6.92 Å². The highest BCUT2D eigenvalue weighted by atomic mass is 32.2. The average Bonchev–Trinajstić information content (AvgIpc) is 2.20. The number of nitrogens with zero attached hydrogens (tertiary/aromatic N) is 1. The Morgan fingerprint density at radius 1 is 1.30 bits per heavy atom. The van der Waals surface area contributed by atoms with Gasteiger partial charge in [0.05, 0.1) is 18.4 Å². The fourth-order valence-electron chi connectivity index (χ4n) is 1.32. The molecule has 20 heavy (non-hydrogen) atoms. The Labute approximate surface area is 123 Å². The SMILES string of the molecule is C[C@@H](O[Si](C)(C)C(C)(C)C)[C@H](/C=C/C#N)OS(C)(=O)=O. The van der Waals surface area contributed by atoms with E-state index in [0.717, 1.165) is 6.26 Å². The fraction of sp³-hybridized carbons (Fsp3) is 0.769. The van der Waals surface area contributed by atoms with Crippen molar-refractivity contribution in [2.24, 2.45) is 0 Å². The first-order valence-corrected chi connectivity index (χ1v) is 11.1. The average molecular weight is 319 g/mol. The number of rotatable bonds is 6. The van der Waals surface area contributed by atoms with Gasteiger partial charge in [0.15, 0.2) is 8.32 Å². The maximum atomic E-state index is 11.3. The standard InChI is InChI=1S/C13H25NO4SSi/c1-11(18-20(6,7)13(2,3)4)12(9-8-10-14)17-19(5,15)16/h8-9,11-12H,1-7H3/b9-8+/t11-,12+/m1/s1. The Kier molecular flexibility index (Phi) is 6.62. The summed E-state index contributed by atoms with van der Waals surface area (Å²) in [5.74, 6) is 0. The van der Waals surface area contributed by atoms with Crippen molar-refractivity contribution >= 4 is 18.4 Å². The maximum Gasteiger partial charge on any atom is 0.265 e. The summed E-state index contributed by atoms with van der Waals surface area (Å²) in [6.07, 6.45) is 2.37. The van der Waals surface area contributed by atoms with Crippen molar-refractivity contribution < 1.29 is 17.0 Å². The van der Waals surface area contributed by atoms with Gasteiger partial charge in [-0.3, -0.25) is 4.18 Å². The van der Waals surface area contributed by atoms with Crippen LogP contribution in [0.3, 0.4) is 0 Å². The molecule has 0 aliphatic heterocycles. The molecule has 0 amide bonds. The first-order valence-electron chi connectivity index (χ1n) is 6.42. The third-order valence-electron chi connectivity index (χ3n) is 3.40. The molecular weight excluding hydrogens is 294 g/mol. The topological polar surface area (TPSA) is 76.4 Å². The molecule has 0 fully saturated rings. The van der Waals surface area contributed by atoms with Gasteiger partial charge in [0, 0.05) is 6.08 Å². The summed E-state index contributed by atoms with van der Waals surface area (Å²) in [4.78, 5) is 0. The normalized spacial score (nSPS) is 16.9. The number of nitriles is 1. The predicted molar refractivity (Wildman–Crippen MR) is 82.2 cm³/mol. The minimum Gasteiger partial charge on any atom is -0.411 e. The first kappa shape index (κ1) is 19.3. The van der Waals surface area contributed by atoms with Gasteiger partial charge in [0.2, 0.25) is 0 Å². The van der Waals surface area contributed by atoms with Crippen molar-refractivity contribution in [3.05, 3.63) is 12.2 Å². The fourth-order valence-corrected chi connectivity index (χ4v) is 3.36. The van der Waals surface area contributed by atoms with E-state index in [1.165, 1.54) is 12.2 Å². The molecule has 0 saturated heterocycles. The zero-order valence-corrected chi connectivity index (χ0v) is 15.1. The van der Waals surface area contributed by atoms with Crippen molar-refractivity contribution in [1.29, 1.82) is 5.26 Å². The molecule has 0 heterocycles. The number of hydrogen-bond acceptors (Lipinski definition) is 5. The van der Waals surface area contributed by atoms with Crippen LogP contribution < -0.4 is 0 Å². The second-order valence-electron chi connectivity index (χ2n) is 6.34. The lowest BCUT2D eigenvalue weighted by Crippen LogP contribution is -2.46. The van der Waals surface area contributed by atoms with Crippen molar-refractivity contribution in [2.75, 3.05) is 6.26 Å². The summed E-state index contributed by atoms with van der Waals surface area (Å²) in [5.41, 5.74) is 0. The molecule has 0 N–H and O–H groups in total. The highest BCUT2D eigenvalue weighted by Crippen LogP contribution is 2.37. The van der Waals surface area contributed by atoms with E-state index >= 15 is 0 Å². The molecular formula is C13H25NO4SSi.